The predicted octanol–water partition coefficient (Wildman–Crippen LogP) is -0.108. The van der Waals surface area contributed by atoms with Gasteiger partial charge in [0.2, 0.25) is 0 Å². The molecular weight excluding hydrogens is 219 g/mol. The second kappa shape index (κ2) is 6.70. The van der Waals surface area contributed by atoms with Crippen LogP contribution in [0.5, 0.6) is 0 Å². The van der Waals surface area contributed by atoms with E-state index in [1.165, 1.54) is 0 Å². The van der Waals surface area contributed by atoms with Gasteiger partial charge in [-0.1, -0.05) is 12.8 Å². The molecule has 1 aliphatic rings. The average molecular weight is 232 g/mol. The van der Waals surface area contributed by atoms with Crippen LogP contribution in [0.15, 0.2) is 12.1 Å². The summed E-state index contributed by atoms with van der Waals surface area (Å²) >= 11 is 0. The van der Waals surface area contributed by atoms with E-state index in [1.54, 1.807) is 0 Å². The van der Waals surface area contributed by atoms with Gasteiger partial charge < -0.3 is 17.7 Å². The van der Waals surface area contributed by atoms with Crippen LogP contribution < -0.4 is 51.4 Å². The molecule has 0 heterocycles. The molecule has 0 radical (unpaired) electrons. The van der Waals surface area contributed by atoms with Crippen LogP contribution >= 0.6 is 0 Å². The van der Waals surface area contributed by atoms with E-state index in [0.29, 0.717) is 0 Å². The topological polar surface area (TPSA) is 9.23 Å². The summed E-state index contributed by atoms with van der Waals surface area (Å²) in [6.45, 7) is -2.30. The molecule has 0 aromatic carbocycles. The fraction of sp³-hybridized carbons (Fsp3) is 0.750. The molecule has 1 fully saturated rings. The van der Waals surface area contributed by atoms with Crippen molar-refractivity contribution >= 4 is 6.98 Å². The molecule has 1 nitrogen and oxygen atoms in total. The van der Waals surface area contributed by atoms with E-state index in [9.17, 15) is 12.9 Å². The van der Waals surface area contributed by atoms with Gasteiger partial charge >= 0.3 is 58.4 Å². The number of hydrogen-bond donors (Lipinski definition) is 0. The van der Waals surface area contributed by atoms with E-state index in [4.69, 9.17) is 4.74 Å². The van der Waals surface area contributed by atoms with Crippen molar-refractivity contribution in [1.29, 1.82) is 0 Å². The van der Waals surface area contributed by atoms with Crippen LogP contribution in [0.2, 0.25) is 0 Å². The van der Waals surface area contributed by atoms with Crippen molar-refractivity contribution in [2.75, 3.05) is 6.61 Å². The van der Waals surface area contributed by atoms with Crippen LogP contribution in [0.4, 0.5) is 12.9 Å². The Kier molecular flexibility index (Phi) is 7.28. The summed E-state index contributed by atoms with van der Waals surface area (Å²) in [7, 11) is 0. The maximum absolute atomic E-state index is 12.0. The summed E-state index contributed by atoms with van der Waals surface area (Å²) in [6.07, 6.45) is 3.92. The first-order valence-corrected chi connectivity index (χ1v) is 4.49. The van der Waals surface area contributed by atoms with Crippen LogP contribution in [-0.4, -0.2) is 19.7 Å². The molecule has 76 valence electrons. The van der Waals surface area contributed by atoms with Crippen LogP contribution in [0.25, 0.3) is 0 Å². The first-order chi connectivity index (χ1) is 6.00. The zero-order valence-electron chi connectivity index (χ0n) is 8.44. The molecule has 0 bridgehead atoms. The van der Waals surface area contributed by atoms with Gasteiger partial charge in [0.05, 0.1) is 6.10 Å². The van der Waals surface area contributed by atoms with E-state index in [2.05, 4.69) is 6.58 Å². The number of ether oxygens (including phenoxy) is 1. The van der Waals surface area contributed by atoms with E-state index in [-0.39, 0.29) is 64.1 Å². The molecule has 6 heteroatoms. The Bertz CT molecular complexity index is 190. The van der Waals surface area contributed by atoms with Gasteiger partial charge in [-0.25, -0.2) is 0 Å². The Labute approximate surface area is 125 Å². The molecule has 0 amide bonds. The maximum atomic E-state index is 12.0. The molecule has 0 atom stereocenters. The third-order valence-electron chi connectivity index (χ3n) is 2.27. The molecule has 14 heavy (non-hydrogen) atoms. The molecule has 0 aromatic heterocycles. The van der Waals surface area contributed by atoms with Crippen LogP contribution in [0.1, 0.15) is 25.7 Å². The quantitative estimate of drug-likeness (QED) is 0.615. The average Bonchev–Trinajstić information content (AvgIpc) is 2.50. The van der Waals surface area contributed by atoms with Crippen molar-refractivity contribution in [3.63, 3.8) is 0 Å². The van der Waals surface area contributed by atoms with Gasteiger partial charge in [-0.2, -0.15) is 0 Å². The monoisotopic (exact) mass is 232 g/mol. The Morgan fingerprint density at radius 3 is 2.21 bits per heavy atom. The second-order valence-corrected chi connectivity index (χ2v) is 3.45. The van der Waals surface area contributed by atoms with Crippen molar-refractivity contribution in [2.24, 2.45) is 0 Å². The van der Waals surface area contributed by atoms with Crippen molar-refractivity contribution in [1.82, 2.24) is 0 Å². The Morgan fingerprint density at radius 1 is 1.29 bits per heavy atom. The third-order valence-corrected chi connectivity index (χ3v) is 2.27. The van der Waals surface area contributed by atoms with Gasteiger partial charge in [-0.05, 0) is 12.8 Å². The van der Waals surface area contributed by atoms with Gasteiger partial charge in [-0.15, -0.1) is 12.1 Å². The first-order valence-electron chi connectivity index (χ1n) is 4.49. The Balaban J connectivity index is 0.00000169. The molecule has 0 spiro atoms. The molecule has 0 N–H and O–H groups in total. The van der Waals surface area contributed by atoms with Crippen LogP contribution in [0.3, 0.4) is 0 Å². The van der Waals surface area contributed by atoms with Crippen LogP contribution in [-0.2, 0) is 4.74 Å². The van der Waals surface area contributed by atoms with E-state index < -0.39 is 12.4 Å². The summed E-state index contributed by atoms with van der Waals surface area (Å²) in [4.78, 5) is 0. The van der Waals surface area contributed by atoms with Crippen molar-refractivity contribution in [2.45, 2.75) is 31.8 Å². The third kappa shape index (κ3) is 5.32. The minimum Gasteiger partial charge on any atom is -0.445 e. The van der Waals surface area contributed by atoms with E-state index in [1.807, 2.05) is 0 Å². The van der Waals surface area contributed by atoms with Gasteiger partial charge in [0, 0.05) is 6.61 Å². The standard InChI is InChI=1S/C8H13BF3O.K/c1-7(9(10,11)12)6-13-8-4-2-3-5-8;/h8H,1-6H2;/q-1;+1. The number of hydrogen-bond acceptors (Lipinski definition) is 1. The summed E-state index contributed by atoms with van der Waals surface area (Å²) < 4.78 is 41.1. The number of halogens is 3. The smallest absolute Gasteiger partial charge is 0.445 e. The Hall–Kier alpha value is 1.19. The van der Waals surface area contributed by atoms with Crippen molar-refractivity contribution in [3.8, 4) is 0 Å². The molecule has 1 saturated carbocycles. The molecule has 0 unspecified atom stereocenters. The van der Waals surface area contributed by atoms with Gasteiger partial charge in [0.25, 0.3) is 0 Å². The fourth-order valence-corrected chi connectivity index (χ4v) is 1.37. The minimum absolute atomic E-state index is 0. The van der Waals surface area contributed by atoms with Crippen molar-refractivity contribution < 1.29 is 69.1 Å². The zero-order chi connectivity index (χ0) is 9.90. The summed E-state index contributed by atoms with van der Waals surface area (Å²) in [5, 5.41) is 0. The van der Waals surface area contributed by atoms with Crippen molar-refractivity contribution in [3.05, 3.63) is 12.1 Å². The van der Waals surface area contributed by atoms with Gasteiger partial charge in [-0.3, -0.25) is 0 Å². The van der Waals surface area contributed by atoms with E-state index in [0.717, 1.165) is 25.7 Å². The molecule has 0 aliphatic heterocycles. The maximum Gasteiger partial charge on any atom is 1.00 e. The largest absolute Gasteiger partial charge is 1.00 e. The van der Waals surface area contributed by atoms with E-state index >= 15 is 0 Å². The second-order valence-electron chi connectivity index (χ2n) is 3.45. The van der Waals surface area contributed by atoms with Gasteiger partial charge in [0.15, 0.2) is 0 Å². The SMILES string of the molecule is C=C(COC1CCCC1)[B-](F)(F)F.[K+]. The molecule has 0 aromatic rings. The minimum atomic E-state index is -4.91. The normalized spacial score (nSPS) is 17.9. The predicted molar refractivity (Wildman–Crippen MR) is 46.4 cm³/mol. The van der Waals surface area contributed by atoms with Gasteiger partial charge in [0.1, 0.15) is 0 Å². The summed E-state index contributed by atoms with van der Waals surface area (Å²) in [5.41, 5.74) is -0.730. The first kappa shape index (κ1) is 15.2. The molecular formula is C8H13BF3KO. The molecule has 1 aliphatic carbocycles. The summed E-state index contributed by atoms with van der Waals surface area (Å²) in [5.74, 6) is 0. The Morgan fingerprint density at radius 2 is 1.79 bits per heavy atom. The van der Waals surface area contributed by atoms with Crippen LogP contribution in [0, 0.1) is 0 Å². The summed E-state index contributed by atoms with van der Waals surface area (Å²) in [6, 6.07) is 0. The fourth-order valence-electron chi connectivity index (χ4n) is 1.37. The molecule has 0 saturated heterocycles. The number of rotatable bonds is 4. The molecule has 1 rings (SSSR count). The zero-order valence-corrected chi connectivity index (χ0v) is 11.6.